The third-order valence-electron chi connectivity index (χ3n) is 4.93. The Labute approximate surface area is 155 Å². The number of aromatic amines is 2. The minimum atomic E-state index is -0.213. The van der Waals surface area contributed by atoms with Gasteiger partial charge < -0.3 is 10.3 Å². The number of rotatable bonds is 5. The van der Waals surface area contributed by atoms with Gasteiger partial charge in [0.15, 0.2) is 0 Å². The second-order valence-corrected chi connectivity index (χ2v) is 6.99. The number of hydrogen-bond donors (Lipinski definition) is 3. The van der Waals surface area contributed by atoms with Crippen molar-refractivity contribution in [1.82, 2.24) is 25.5 Å². The lowest BCUT2D eigenvalue weighted by Gasteiger charge is -2.03. The van der Waals surface area contributed by atoms with Crippen molar-refractivity contribution in [2.24, 2.45) is 0 Å². The molecule has 0 radical (unpaired) electrons. The number of H-pyrrole nitrogens is 2. The lowest BCUT2D eigenvalue weighted by molar-refractivity contribution is 0.688. The van der Waals surface area contributed by atoms with Gasteiger partial charge in [0.2, 0.25) is 0 Å². The number of fused-ring (bicyclic) bond motifs is 1. The van der Waals surface area contributed by atoms with E-state index in [0.29, 0.717) is 17.3 Å². The second-order valence-electron chi connectivity index (χ2n) is 6.99. The van der Waals surface area contributed by atoms with Gasteiger partial charge in [0.1, 0.15) is 0 Å². The summed E-state index contributed by atoms with van der Waals surface area (Å²) in [6, 6.07) is 14.6. The van der Waals surface area contributed by atoms with Crippen LogP contribution >= 0.6 is 0 Å². The molecule has 1 aliphatic carbocycles. The Kier molecular flexibility index (Phi) is 3.83. The van der Waals surface area contributed by atoms with Crippen molar-refractivity contribution in [2.75, 3.05) is 0 Å². The molecular formula is C21H19N5O. The molecule has 1 aromatic carbocycles. The first kappa shape index (κ1) is 16.0. The van der Waals surface area contributed by atoms with E-state index in [0.717, 1.165) is 28.7 Å². The molecule has 3 N–H and O–H groups in total. The Morgan fingerprint density at radius 2 is 1.93 bits per heavy atom. The summed E-state index contributed by atoms with van der Waals surface area (Å²) in [6.07, 6.45) is 5.98. The van der Waals surface area contributed by atoms with E-state index in [4.69, 9.17) is 0 Å². The van der Waals surface area contributed by atoms with Crippen LogP contribution in [0.4, 0.5) is 0 Å². The molecule has 6 heteroatoms. The fraction of sp³-hybridized carbons (Fsp3) is 0.190. The summed E-state index contributed by atoms with van der Waals surface area (Å²) in [7, 11) is 0. The van der Waals surface area contributed by atoms with Crippen molar-refractivity contribution in [3.05, 3.63) is 70.8 Å². The Morgan fingerprint density at radius 1 is 1.07 bits per heavy atom. The van der Waals surface area contributed by atoms with Gasteiger partial charge in [-0.2, -0.15) is 5.10 Å². The summed E-state index contributed by atoms with van der Waals surface area (Å²) in [5.41, 5.74) is 5.04. The molecular weight excluding hydrogens is 338 g/mol. The molecule has 6 nitrogen and oxygen atoms in total. The van der Waals surface area contributed by atoms with Gasteiger partial charge in [0.25, 0.3) is 5.56 Å². The predicted octanol–water partition coefficient (Wildman–Crippen LogP) is 3.23. The van der Waals surface area contributed by atoms with Gasteiger partial charge in [-0.15, -0.1) is 0 Å². The molecule has 0 unspecified atom stereocenters. The van der Waals surface area contributed by atoms with Crippen LogP contribution in [0.2, 0.25) is 0 Å². The number of nitrogens with one attached hydrogen (secondary N) is 3. The topological polar surface area (TPSA) is 86.5 Å². The number of pyridine rings is 1. The van der Waals surface area contributed by atoms with Gasteiger partial charge in [-0.05, 0) is 48.7 Å². The summed E-state index contributed by atoms with van der Waals surface area (Å²) in [5.74, 6) is 0. The van der Waals surface area contributed by atoms with Crippen LogP contribution in [-0.4, -0.2) is 26.2 Å². The summed E-state index contributed by atoms with van der Waals surface area (Å²) in [4.78, 5) is 19.8. The van der Waals surface area contributed by atoms with Gasteiger partial charge in [-0.3, -0.25) is 9.78 Å². The normalized spacial score (nSPS) is 13.9. The zero-order chi connectivity index (χ0) is 18.2. The highest BCUT2D eigenvalue weighted by Gasteiger charge is 2.20. The number of aromatic nitrogens is 4. The van der Waals surface area contributed by atoms with E-state index in [1.54, 1.807) is 12.4 Å². The van der Waals surface area contributed by atoms with Gasteiger partial charge in [0.05, 0.1) is 17.0 Å². The van der Waals surface area contributed by atoms with E-state index in [1.165, 1.54) is 18.4 Å². The Balaban J connectivity index is 1.51. The van der Waals surface area contributed by atoms with Crippen LogP contribution in [0.15, 0.2) is 59.7 Å². The van der Waals surface area contributed by atoms with Gasteiger partial charge in [0, 0.05) is 41.4 Å². The average molecular weight is 357 g/mol. The highest BCUT2D eigenvalue weighted by Crippen LogP contribution is 2.26. The molecule has 0 saturated heterocycles. The van der Waals surface area contributed by atoms with E-state index in [2.05, 4.69) is 43.7 Å². The van der Waals surface area contributed by atoms with Crippen LogP contribution in [0.5, 0.6) is 0 Å². The minimum absolute atomic E-state index is 0.213. The van der Waals surface area contributed by atoms with Crippen LogP contribution < -0.4 is 10.9 Å². The third kappa shape index (κ3) is 3.27. The van der Waals surface area contributed by atoms with Crippen molar-refractivity contribution in [3.63, 3.8) is 0 Å². The monoisotopic (exact) mass is 357 g/mol. The van der Waals surface area contributed by atoms with Crippen molar-refractivity contribution < 1.29 is 0 Å². The average Bonchev–Trinajstić information content (AvgIpc) is 3.44. The van der Waals surface area contributed by atoms with E-state index < -0.39 is 0 Å². The minimum Gasteiger partial charge on any atom is -0.354 e. The number of nitrogens with zero attached hydrogens (tertiary/aromatic N) is 2. The molecule has 0 amide bonds. The molecule has 3 heterocycles. The molecule has 0 bridgehead atoms. The fourth-order valence-electron chi connectivity index (χ4n) is 3.26. The molecule has 1 aliphatic rings. The molecule has 0 spiro atoms. The second kappa shape index (κ2) is 6.48. The quantitative estimate of drug-likeness (QED) is 0.512. The summed E-state index contributed by atoms with van der Waals surface area (Å²) in [6.45, 7) is 0.872. The van der Waals surface area contributed by atoms with Crippen LogP contribution in [0.3, 0.4) is 0 Å². The smallest absolute Gasteiger partial charge is 0.273 e. The van der Waals surface area contributed by atoms with Crippen molar-refractivity contribution >= 4 is 10.9 Å². The van der Waals surface area contributed by atoms with Gasteiger partial charge in [-0.25, -0.2) is 5.10 Å². The van der Waals surface area contributed by atoms with E-state index in [1.807, 2.05) is 24.3 Å². The van der Waals surface area contributed by atoms with Crippen molar-refractivity contribution in [1.29, 1.82) is 0 Å². The molecule has 3 aromatic heterocycles. The van der Waals surface area contributed by atoms with E-state index in [-0.39, 0.29) is 5.56 Å². The molecule has 0 atom stereocenters. The summed E-state index contributed by atoms with van der Waals surface area (Å²) >= 11 is 0. The maximum atomic E-state index is 12.4. The van der Waals surface area contributed by atoms with Crippen LogP contribution in [0.25, 0.3) is 33.4 Å². The molecule has 134 valence electrons. The molecule has 5 rings (SSSR count). The van der Waals surface area contributed by atoms with E-state index in [9.17, 15) is 4.79 Å². The zero-order valence-corrected chi connectivity index (χ0v) is 14.7. The van der Waals surface area contributed by atoms with Crippen molar-refractivity contribution in [2.45, 2.75) is 25.4 Å². The Bertz CT molecular complexity index is 1160. The maximum absolute atomic E-state index is 12.4. The first-order chi connectivity index (χ1) is 13.3. The first-order valence-corrected chi connectivity index (χ1v) is 9.12. The van der Waals surface area contributed by atoms with Crippen LogP contribution in [-0.2, 0) is 6.54 Å². The molecule has 1 saturated carbocycles. The van der Waals surface area contributed by atoms with Crippen LogP contribution in [0, 0.1) is 0 Å². The molecule has 4 aromatic rings. The lowest BCUT2D eigenvalue weighted by Crippen LogP contribution is -2.15. The number of hydrogen-bond acceptors (Lipinski definition) is 4. The SMILES string of the molecule is O=c1[nH]nc(-c2ccncc2)cc1-c1cc2ccc(CNC3CC3)cc2[nH]1. The van der Waals surface area contributed by atoms with Crippen LogP contribution in [0.1, 0.15) is 18.4 Å². The summed E-state index contributed by atoms with van der Waals surface area (Å²) < 4.78 is 0. The predicted molar refractivity (Wildman–Crippen MR) is 105 cm³/mol. The molecule has 27 heavy (non-hydrogen) atoms. The molecule has 1 fully saturated rings. The number of benzene rings is 1. The summed E-state index contributed by atoms with van der Waals surface area (Å²) in [5, 5.41) is 11.4. The first-order valence-electron chi connectivity index (χ1n) is 9.12. The fourth-order valence-corrected chi connectivity index (χ4v) is 3.26. The zero-order valence-electron chi connectivity index (χ0n) is 14.7. The lowest BCUT2D eigenvalue weighted by atomic mass is 10.1. The highest BCUT2D eigenvalue weighted by atomic mass is 16.1. The van der Waals surface area contributed by atoms with Crippen molar-refractivity contribution in [3.8, 4) is 22.5 Å². The Morgan fingerprint density at radius 3 is 2.74 bits per heavy atom. The standard InChI is InChI=1S/C21H19N5O/c27-21-17(11-19(25-26-21)14-5-7-22-8-6-14)20-10-15-2-1-13(9-18(15)24-20)12-23-16-3-4-16/h1-2,5-11,16,23-24H,3-4,12H2,(H,26,27). The largest absolute Gasteiger partial charge is 0.354 e. The Hall–Kier alpha value is -3.25. The third-order valence-corrected chi connectivity index (χ3v) is 4.93. The van der Waals surface area contributed by atoms with Gasteiger partial charge >= 0.3 is 0 Å². The van der Waals surface area contributed by atoms with Gasteiger partial charge in [-0.1, -0.05) is 12.1 Å². The van der Waals surface area contributed by atoms with E-state index >= 15 is 0 Å². The molecule has 0 aliphatic heterocycles. The highest BCUT2D eigenvalue weighted by molar-refractivity contribution is 5.86. The maximum Gasteiger partial charge on any atom is 0.273 e.